The van der Waals surface area contributed by atoms with Gasteiger partial charge in [-0.3, -0.25) is 0 Å². The normalized spacial score (nSPS) is 11.4. The van der Waals surface area contributed by atoms with Crippen LogP contribution in [0.4, 0.5) is 0 Å². The summed E-state index contributed by atoms with van der Waals surface area (Å²) in [5.74, 6) is 0. The van der Waals surface area contributed by atoms with Crippen LogP contribution in [0.15, 0.2) is 0 Å². The molecule has 0 rings (SSSR count). The molecule has 0 amide bonds. The SMILES string of the molecule is CCCCCCCCCCCCNCCCCN(C)O. The first-order valence-electron chi connectivity index (χ1n) is 8.88. The lowest BCUT2D eigenvalue weighted by molar-refractivity contribution is -0.0654. The van der Waals surface area contributed by atoms with E-state index in [0.29, 0.717) is 0 Å². The molecule has 122 valence electrons. The highest BCUT2D eigenvalue weighted by atomic mass is 16.5. The second-order valence-corrected chi connectivity index (χ2v) is 6.02. The maximum atomic E-state index is 8.97. The summed E-state index contributed by atoms with van der Waals surface area (Å²) in [4.78, 5) is 0. The van der Waals surface area contributed by atoms with E-state index in [4.69, 9.17) is 5.21 Å². The fourth-order valence-corrected chi connectivity index (χ4v) is 2.45. The molecule has 2 N–H and O–H groups in total. The van der Waals surface area contributed by atoms with Crippen LogP contribution in [0.5, 0.6) is 0 Å². The van der Waals surface area contributed by atoms with Gasteiger partial charge >= 0.3 is 0 Å². The molecule has 3 nitrogen and oxygen atoms in total. The van der Waals surface area contributed by atoms with Gasteiger partial charge in [0.2, 0.25) is 0 Å². The van der Waals surface area contributed by atoms with Gasteiger partial charge < -0.3 is 10.5 Å². The second-order valence-electron chi connectivity index (χ2n) is 6.02. The summed E-state index contributed by atoms with van der Waals surface area (Å²) in [7, 11) is 1.71. The molecule has 0 saturated carbocycles. The van der Waals surface area contributed by atoms with Crippen molar-refractivity contribution in [1.29, 1.82) is 0 Å². The van der Waals surface area contributed by atoms with Crippen molar-refractivity contribution in [1.82, 2.24) is 10.4 Å². The standard InChI is InChI=1S/C17H38N2O/c1-3-4-5-6-7-8-9-10-11-12-15-18-16-13-14-17-19(2)20/h18,20H,3-17H2,1-2H3. The van der Waals surface area contributed by atoms with Gasteiger partial charge in [0.05, 0.1) is 0 Å². The first kappa shape index (κ1) is 19.9. The molecule has 0 saturated heterocycles. The second kappa shape index (κ2) is 16.9. The molecule has 0 radical (unpaired) electrons. The maximum Gasteiger partial charge on any atom is 0.0235 e. The topological polar surface area (TPSA) is 35.5 Å². The molecule has 0 fully saturated rings. The van der Waals surface area contributed by atoms with E-state index >= 15 is 0 Å². The van der Waals surface area contributed by atoms with E-state index in [1.165, 1.54) is 69.3 Å². The molecular weight excluding hydrogens is 248 g/mol. The summed E-state index contributed by atoms with van der Waals surface area (Å²) < 4.78 is 0. The fourth-order valence-electron chi connectivity index (χ4n) is 2.45. The number of hydrogen-bond acceptors (Lipinski definition) is 3. The average molecular weight is 287 g/mol. The zero-order chi connectivity index (χ0) is 14.9. The zero-order valence-corrected chi connectivity index (χ0v) is 14.0. The van der Waals surface area contributed by atoms with Crippen molar-refractivity contribution in [2.45, 2.75) is 84.0 Å². The van der Waals surface area contributed by atoms with Crippen molar-refractivity contribution in [2.75, 3.05) is 26.7 Å². The molecule has 0 aromatic carbocycles. The van der Waals surface area contributed by atoms with Gasteiger partial charge in [-0.25, -0.2) is 0 Å². The molecule has 0 atom stereocenters. The predicted octanol–water partition coefficient (Wildman–Crippen LogP) is 4.60. The number of nitrogens with zero attached hydrogens (tertiary/aromatic N) is 1. The number of rotatable bonds is 16. The van der Waals surface area contributed by atoms with Gasteiger partial charge in [-0.2, -0.15) is 5.06 Å². The molecule has 0 spiro atoms. The van der Waals surface area contributed by atoms with Crippen LogP contribution in [0.2, 0.25) is 0 Å². The molecule has 0 aliphatic carbocycles. The van der Waals surface area contributed by atoms with Gasteiger partial charge in [-0.15, -0.1) is 0 Å². The third-order valence-electron chi connectivity index (χ3n) is 3.79. The monoisotopic (exact) mass is 286 g/mol. The van der Waals surface area contributed by atoms with Crippen molar-refractivity contribution in [2.24, 2.45) is 0 Å². The van der Waals surface area contributed by atoms with Crippen molar-refractivity contribution in [3.05, 3.63) is 0 Å². The third kappa shape index (κ3) is 17.9. The van der Waals surface area contributed by atoms with E-state index in [1.54, 1.807) is 7.05 Å². The summed E-state index contributed by atoms with van der Waals surface area (Å²) in [6, 6.07) is 0. The number of hydroxylamine groups is 2. The van der Waals surface area contributed by atoms with Gasteiger partial charge in [-0.05, 0) is 32.4 Å². The highest BCUT2D eigenvalue weighted by molar-refractivity contribution is 4.52. The van der Waals surface area contributed by atoms with Gasteiger partial charge in [0, 0.05) is 13.6 Å². The molecule has 20 heavy (non-hydrogen) atoms. The molecule has 0 aromatic rings. The minimum Gasteiger partial charge on any atom is -0.317 e. The molecular formula is C17H38N2O. The Morgan fingerprint density at radius 1 is 0.700 bits per heavy atom. The molecule has 0 heterocycles. The van der Waals surface area contributed by atoms with Crippen LogP contribution in [-0.2, 0) is 0 Å². The summed E-state index contributed by atoms with van der Waals surface area (Å²) in [5.41, 5.74) is 0. The summed E-state index contributed by atoms with van der Waals surface area (Å²) in [6.07, 6.45) is 16.3. The molecule has 0 aromatic heterocycles. The maximum absolute atomic E-state index is 8.97. The largest absolute Gasteiger partial charge is 0.317 e. The van der Waals surface area contributed by atoms with Crippen molar-refractivity contribution in [3.8, 4) is 0 Å². The lowest BCUT2D eigenvalue weighted by Crippen LogP contribution is -2.19. The Balaban J connectivity index is 2.92. The Bertz CT molecular complexity index is 174. The predicted molar refractivity (Wildman–Crippen MR) is 88.4 cm³/mol. The average Bonchev–Trinajstić information content (AvgIpc) is 2.43. The third-order valence-corrected chi connectivity index (χ3v) is 3.79. The van der Waals surface area contributed by atoms with Crippen LogP contribution in [0, 0.1) is 0 Å². The first-order valence-corrected chi connectivity index (χ1v) is 8.88. The van der Waals surface area contributed by atoms with Crippen LogP contribution in [0.25, 0.3) is 0 Å². The zero-order valence-electron chi connectivity index (χ0n) is 14.0. The molecule has 0 aliphatic heterocycles. The minimum absolute atomic E-state index is 0.778. The van der Waals surface area contributed by atoms with Crippen molar-refractivity contribution in [3.63, 3.8) is 0 Å². The highest BCUT2D eigenvalue weighted by Gasteiger charge is 1.94. The molecule has 3 heteroatoms. The van der Waals surface area contributed by atoms with E-state index < -0.39 is 0 Å². The van der Waals surface area contributed by atoms with E-state index in [1.807, 2.05) is 0 Å². The van der Waals surface area contributed by atoms with Gasteiger partial charge in [0.25, 0.3) is 0 Å². The van der Waals surface area contributed by atoms with Crippen LogP contribution >= 0.6 is 0 Å². The Labute approximate surface area is 127 Å². The number of hydrogen-bond donors (Lipinski definition) is 2. The summed E-state index contributed by atoms with van der Waals surface area (Å²) in [6.45, 7) is 5.30. The van der Waals surface area contributed by atoms with Crippen molar-refractivity contribution < 1.29 is 5.21 Å². The Kier molecular flexibility index (Phi) is 16.8. The van der Waals surface area contributed by atoms with E-state index in [2.05, 4.69) is 12.2 Å². The van der Waals surface area contributed by atoms with Crippen LogP contribution in [0.3, 0.4) is 0 Å². The molecule has 0 aliphatic rings. The fraction of sp³-hybridized carbons (Fsp3) is 1.00. The Morgan fingerprint density at radius 3 is 1.65 bits per heavy atom. The van der Waals surface area contributed by atoms with E-state index in [-0.39, 0.29) is 0 Å². The summed E-state index contributed by atoms with van der Waals surface area (Å²) in [5, 5.41) is 13.7. The lowest BCUT2D eigenvalue weighted by atomic mass is 10.1. The van der Waals surface area contributed by atoms with Gasteiger partial charge in [0.1, 0.15) is 0 Å². The Morgan fingerprint density at radius 2 is 1.15 bits per heavy atom. The lowest BCUT2D eigenvalue weighted by Gasteiger charge is -2.08. The molecule has 0 bridgehead atoms. The van der Waals surface area contributed by atoms with E-state index in [9.17, 15) is 0 Å². The van der Waals surface area contributed by atoms with Crippen LogP contribution < -0.4 is 5.32 Å². The van der Waals surface area contributed by atoms with Crippen molar-refractivity contribution >= 4 is 0 Å². The first-order chi connectivity index (χ1) is 9.77. The minimum atomic E-state index is 0.778. The Hall–Kier alpha value is -0.120. The quantitative estimate of drug-likeness (QED) is 0.321. The van der Waals surface area contributed by atoms with Crippen LogP contribution in [-0.4, -0.2) is 37.0 Å². The van der Waals surface area contributed by atoms with E-state index in [0.717, 1.165) is 32.5 Å². The molecule has 0 unspecified atom stereocenters. The number of nitrogens with one attached hydrogen (secondary N) is 1. The van der Waals surface area contributed by atoms with Crippen LogP contribution in [0.1, 0.15) is 84.0 Å². The highest BCUT2D eigenvalue weighted by Crippen LogP contribution is 2.10. The number of unbranched alkanes of at least 4 members (excludes halogenated alkanes) is 10. The summed E-state index contributed by atoms with van der Waals surface area (Å²) >= 11 is 0. The van der Waals surface area contributed by atoms with Gasteiger partial charge in [-0.1, -0.05) is 64.7 Å². The van der Waals surface area contributed by atoms with Gasteiger partial charge in [0.15, 0.2) is 0 Å². The smallest absolute Gasteiger partial charge is 0.0235 e.